The fourth-order valence-electron chi connectivity index (χ4n) is 1.53. The second kappa shape index (κ2) is 6.26. The molecule has 0 radical (unpaired) electrons. The number of carbonyl (C=O) groups excluding carboxylic acids is 2. The Kier molecular flexibility index (Phi) is 4.97. The van der Waals surface area contributed by atoms with Gasteiger partial charge in [-0.3, -0.25) is 4.79 Å². The van der Waals surface area contributed by atoms with Gasteiger partial charge in [0, 0.05) is 11.6 Å². The molecule has 0 aromatic heterocycles. The summed E-state index contributed by atoms with van der Waals surface area (Å²) in [4.78, 5) is 23.3. The molecule has 0 unspecified atom stereocenters. The van der Waals surface area contributed by atoms with Gasteiger partial charge in [-0.25, -0.2) is 13.6 Å². The molecule has 1 atom stereocenters. The predicted molar refractivity (Wildman–Crippen MR) is 64.5 cm³/mol. The minimum atomic E-state index is -0.871. The highest BCUT2D eigenvalue weighted by atomic mass is 19.1. The van der Waals surface area contributed by atoms with Crippen LogP contribution in [0.4, 0.5) is 8.78 Å². The molecule has 0 saturated heterocycles. The van der Waals surface area contributed by atoms with Crippen molar-refractivity contribution in [1.82, 2.24) is 5.32 Å². The lowest BCUT2D eigenvalue weighted by Crippen LogP contribution is -2.45. The molecule has 1 amide bonds. The van der Waals surface area contributed by atoms with Crippen molar-refractivity contribution >= 4 is 11.9 Å². The van der Waals surface area contributed by atoms with E-state index in [0.29, 0.717) is 6.07 Å². The van der Waals surface area contributed by atoms with Crippen LogP contribution in [0.5, 0.6) is 0 Å². The monoisotopic (exact) mass is 271 g/mol. The Hall–Kier alpha value is -1.98. The van der Waals surface area contributed by atoms with Crippen molar-refractivity contribution in [2.75, 3.05) is 7.11 Å². The predicted octanol–water partition coefficient (Wildman–Crippen LogP) is 1.89. The Morgan fingerprint density at radius 1 is 1.16 bits per heavy atom. The zero-order valence-electron chi connectivity index (χ0n) is 10.9. The van der Waals surface area contributed by atoms with Crippen LogP contribution < -0.4 is 5.32 Å². The first kappa shape index (κ1) is 15.1. The van der Waals surface area contributed by atoms with Gasteiger partial charge in [0.25, 0.3) is 5.91 Å². The number of ether oxygens (including phenoxy) is 1. The molecule has 19 heavy (non-hydrogen) atoms. The summed E-state index contributed by atoms with van der Waals surface area (Å²) in [6, 6.07) is 1.58. The van der Waals surface area contributed by atoms with Gasteiger partial charge in [-0.15, -0.1) is 0 Å². The standard InChI is InChI=1S/C13H15F2NO3/c1-7(2)11(13(18)19-3)16-12(17)8-4-9(14)6-10(15)5-8/h4-7,11H,1-3H3,(H,16,17)/t11-/m1/s1. The van der Waals surface area contributed by atoms with E-state index >= 15 is 0 Å². The number of hydrogen-bond donors (Lipinski definition) is 1. The summed E-state index contributed by atoms with van der Waals surface area (Å²) in [5.41, 5.74) is -0.188. The molecule has 4 nitrogen and oxygen atoms in total. The Bertz CT molecular complexity index is 469. The lowest BCUT2D eigenvalue weighted by molar-refractivity contribution is -0.144. The molecule has 1 N–H and O–H groups in total. The number of amides is 1. The number of esters is 1. The van der Waals surface area contributed by atoms with Crippen LogP contribution in [0.3, 0.4) is 0 Å². The summed E-state index contributed by atoms with van der Waals surface area (Å²) in [6.45, 7) is 3.43. The van der Waals surface area contributed by atoms with E-state index in [0.717, 1.165) is 12.1 Å². The first-order valence-electron chi connectivity index (χ1n) is 5.70. The van der Waals surface area contributed by atoms with Crippen LogP contribution in [0.25, 0.3) is 0 Å². The minimum absolute atomic E-state index is 0.188. The van der Waals surface area contributed by atoms with Crippen molar-refractivity contribution < 1.29 is 23.1 Å². The summed E-state index contributed by atoms with van der Waals surface area (Å²) in [7, 11) is 1.20. The molecule has 1 rings (SSSR count). The van der Waals surface area contributed by atoms with Crippen LogP contribution in [0.1, 0.15) is 24.2 Å². The van der Waals surface area contributed by atoms with Gasteiger partial charge in [0.05, 0.1) is 7.11 Å². The highest BCUT2D eigenvalue weighted by Crippen LogP contribution is 2.10. The molecule has 1 aromatic carbocycles. The zero-order valence-corrected chi connectivity index (χ0v) is 10.9. The van der Waals surface area contributed by atoms with E-state index in [2.05, 4.69) is 10.1 Å². The molecule has 6 heteroatoms. The summed E-state index contributed by atoms with van der Waals surface area (Å²) in [5.74, 6) is -3.27. The highest BCUT2D eigenvalue weighted by molar-refractivity contribution is 5.96. The van der Waals surface area contributed by atoms with Crippen LogP contribution >= 0.6 is 0 Å². The molecule has 0 heterocycles. The van der Waals surface area contributed by atoms with Gasteiger partial charge in [-0.2, -0.15) is 0 Å². The Morgan fingerprint density at radius 3 is 2.11 bits per heavy atom. The molecule has 0 saturated carbocycles. The van der Waals surface area contributed by atoms with Gasteiger partial charge in [0.2, 0.25) is 0 Å². The smallest absolute Gasteiger partial charge is 0.328 e. The summed E-state index contributed by atoms with van der Waals surface area (Å²) in [6.07, 6.45) is 0. The second-order valence-electron chi connectivity index (χ2n) is 4.38. The average molecular weight is 271 g/mol. The summed E-state index contributed by atoms with van der Waals surface area (Å²) < 4.78 is 30.6. The molecule has 1 aromatic rings. The quantitative estimate of drug-likeness (QED) is 0.851. The molecule has 0 spiro atoms. The van der Waals surface area contributed by atoms with Gasteiger partial charge in [0.15, 0.2) is 0 Å². The maximum atomic E-state index is 13.0. The van der Waals surface area contributed by atoms with Crippen LogP contribution in [0.2, 0.25) is 0 Å². The van der Waals surface area contributed by atoms with Gasteiger partial charge >= 0.3 is 5.97 Å². The Balaban J connectivity index is 2.90. The Morgan fingerprint density at radius 2 is 1.68 bits per heavy atom. The first-order chi connectivity index (χ1) is 8.85. The summed E-state index contributed by atoms with van der Waals surface area (Å²) in [5, 5.41) is 2.39. The molecular formula is C13H15F2NO3. The van der Waals surface area contributed by atoms with Crippen molar-refractivity contribution in [1.29, 1.82) is 0 Å². The van der Waals surface area contributed by atoms with E-state index in [1.165, 1.54) is 7.11 Å². The topological polar surface area (TPSA) is 55.4 Å². The maximum Gasteiger partial charge on any atom is 0.328 e. The van der Waals surface area contributed by atoms with Gasteiger partial charge in [-0.05, 0) is 18.1 Å². The van der Waals surface area contributed by atoms with Crippen LogP contribution in [-0.4, -0.2) is 25.0 Å². The number of rotatable bonds is 4. The lowest BCUT2D eigenvalue weighted by Gasteiger charge is -2.19. The summed E-state index contributed by atoms with van der Waals surface area (Å²) >= 11 is 0. The van der Waals surface area contributed by atoms with E-state index in [1.807, 2.05) is 0 Å². The normalized spacial score (nSPS) is 12.1. The lowest BCUT2D eigenvalue weighted by atomic mass is 10.0. The molecule has 0 bridgehead atoms. The number of hydrogen-bond acceptors (Lipinski definition) is 3. The third-order valence-electron chi connectivity index (χ3n) is 2.53. The van der Waals surface area contributed by atoms with E-state index in [4.69, 9.17) is 0 Å². The number of halogens is 2. The average Bonchev–Trinajstić information content (AvgIpc) is 2.33. The van der Waals surface area contributed by atoms with Gasteiger partial charge in [-0.1, -0.05) is 13.8 Å². The van der Waals surface area contributed by atoms with Crippen molar-refractivity contribution in [3.8, 4) is 0 Å². The molecule has 104 valence electrons. The maximum absolute atomic E-state index is 13.0. The van der Waals surface area contributed by atoms with Crippen molar-refractivity contribution in [2.24, 2.45) is 5.92 Å². The molecule has 0 fully saturated rings. The highest BCUT2D eigenvalue weighted by Gasteiger charge is 2.25. The number of carbonyl (C=O) groups is 2. The minimum Gasteiger partial charge on any atom is -0.467 e. The SMILES string of the molecule is COC(=O)[C@H](NC(=O)c1cc(F)cc(F)c1)C(C)C. The number of methoxy groups -OCH3 is 1. The zero-order chi connectivity index (χ0) is 14.6. The van der Waals surface area contributed by atoms with Crippen LogP contribution in [-0.2, 0) is 9.53 Å². The van der Waals surface area contributed by atoms with Gasteiger partial charge < -0.3 is 10.1 Å². The van der Waals surface area contributed by atoms with E-state index in [9.17, 15) is 18.4 Å². The van der Waals surface area contributed by atoms with Crippen LogP contribution in [0, 0.1) is 17.6 Å². The molecule has 0 aliphatic carbocycles. The largest absolute Gasteiger partial charge is 0.467 e. The van der Waals surface area contributed by atoms with E-state index < -0.39 is 29.6 Å². The van der Waals surface area contributed by atoms with Crippen molar-refractivity contribution in [3.63, 3.8) is 0 Å². The molecular weight excluding hydrogens is 256 g/mol. The molecule has 0 aliphatic heterocycles. The fourth-order valence-corrected chi connectivity index (χ4v) is 1.53. The van der Waals surface area contributed by atoms with E-state index in [1.54, 1.807) is 13.8 Å². The van der Waals surface area contributed by atoms with Crippen LogP contribution in [0.15, 0.2) is 18.2 Å². The molecule has 0 aliphatic rings. The second-order valence-corrected chi connectivity index (χ2v) is 4.38. The first-order valence-corrected chi connectivity index (χ1v) is 5.70. The number of benzene rings is 1. The number of nitrogens with one attached hydrogen (secondary N) is 1. The van der Waals surface area contributed by atoms with E-state index in [-0.39, 0.29) is 11.5 Å². The third kappa shape index (κ3) is 4.01. The fraction of sp³-hybridized carbons (Fsp3) is 0.385. The Labute approximate surface area is 109 Å². The van der Waals surface area contributed by atoms with Crippen molar-refractivity contribution in [2.45, 2.75) is 19.9 Å². The van der Waals surface area contributed by atoms with Crippen molar-refractivity contribution in [3.05, 3.63) is 35.4 Å². The van der Waals surface area contributed by atoms with Gasteiger partial charge in [0.1, 0.15) is 17.7 Å². The third-order valence-corrected chi connectivity index (χ3v) is 2.53.